The van der Waals surface area contributed by atoms with E-state index in [0.717, 1.165) is 31.7 Å². The monoisotopic (exact) mass is 222 g/mol. The molecule has 1 saturated heterocycles. The molecule has 0 aromatic heterocycles. The Kier molecular flexibility index (Phi) is 3.91. The van der Waals surface area contributed by atoms with Crippen LogP contribution < -0.4 is 5.32 Å². The van der Waals surface area contributed by atoms with Crippen LogP contribution in [0.15, 0.2) is 24.3 Å². The fourth-order valence-electron chi connectivity index (χ4n) is 2.18. The van der Waals surface area contributed by atoms with Gasteiger partial charge < -0.3 is 5.32 Å². The average molecular weight is 222 g/mol. The zero-order valence-corrected chi connectivity index (χ0v) is 9.75. The van der Waals surface area contributed by atoms with Crippen molar-refractivity contribution in [2.45, 2.75) is 13.0 Å². The van der Waals surface area contributed by atoms with Crippen LogP contribution in [0.5, 0.6) is 0 Å². The van der Waals surface area contributed by atoms with Gasteiger partial charge >= 0.3 is 0 Å². The molecule has 0 radical (unpaired) electrons. The maximum absolute atomic E-state index is 13.2. The van der Waals surface area contributed by atoms with E-state index in [1.54, 1.807) is 0 Å². The summed E-state index contributed by atoms with van der Waals surface area (Å²) in [5.41, 5.74) is 2.32. The van der Waals surface area contributed by atoms with Crippen molar-refractivity contribution >= 4 is 0 Å². The number of rotatable bonds is 3. The molecular weight excluding hydrogens is 203 g/mol. The maximum atomic E-state index is 13.2. The minimum absolute atomic E-state index is 0.0669. The lowest BCUT2D eigenvalue weighted by Crippen LogP contribution is -2.45. The molecule has 0 saturated carbocycles. The molecule has 1 aromatic rings. The van der Waals surface area contributed by atoms with Gasteiger partial charge in [0.05, 0.1) is 6.04 Å². The highest BCUT2D eigenvalue weighted by Crippen LogP contribution is 2.21. The Morgan fingerprint density at radius 1 is 1.25 bits per heavy atom. The highest BCUT2D eigenvalue weighted by Gasteiger charge is 2.21. The number of nitrogens with zero attached hydrogens (tertiary/aromatic N) is 1. The SMILES string of the molecule is Cc1ccc([C@H](CF)N2CCNCC2)cc1. The number of piperazine rings is 1. The third-order valence-electron chi connectivity index (χ3n) is 3.20. The summed E-state index contributed by atoms with van der Waals surface area (Å²) in [5.74, 6) is 0. The van der Waals surface area contributed by atoms with Crippen LogP contribution in [0.2, 0.25) is 0 Å². The van der Waals surface area contributed by atoms with Crippen LogP contribution in [0.1, 0.15) is 17.2 Å². The van der Waals surface area contributed by atoms with E-state index in [-0.39, 0.29) is 12.7 Å². The van der Waals surface area contributed by atoms with Gasteiger partial charge in [0.15, 0.2) is 0 Å². The molecule has 0 spiro atoms. The molecule has 2 rings (SSSR count). The molecule has 3 heteroatoms. The molecule has 1 atom stereocenters. The summed E-state index contributed by atoms with van der Waals surface area (Å²) >= 11 is 0. The lowest BCUT2D eigenvalue weighted by Gasteiger charge is -2.33. The van der Waals surface area contributed by atoms with E-state index in [1.807, 2.05) is 12.1 Å². The Morgan fingerprint density at radius 2 is 1.88 bits per heavy atom. The summed E-state index contributed by atoms with van der Waals surface area (Å²) in [7, 11) is 0. The van der Waals surface area contributed by atoms with E-state index < -0.39 is 0 Å². The molecule has 0 aliphatic carbocycles. The summed E-state index contributed by atoms with van der Waals surface area (Å²) in [4.78, 5) is 2.22. The molecule has 1 N–H and O–H groups in total. The maximum Gasteiger partial charge on any atom is 0.109 e. The van der Waals surface area contributed by atoms with Gasteiger partial charge in [-0.1, -0.05) is 29.8 Å². The number of hydrogen-bond acceptors (Lipinski definition) is 2. The van der Waals surface area contributed by atoms with Gasteiger partial charge in [-0.2, -0.15) is 0 Å². The third kappa shape index (κ3) is 2.60. The highest BCUT2D eigenvalue weighted by molar-refractivity contribution is 5.24. The van der Waals surface area contributed by atoms with Gasteiger partial charge in [0.25, 0.3) is 0 Å². The first-order chi connectivity index (χ1) is 7.81. The van der Waals surface area contributed by atoms with E-state index >= 15 is 0 Å². The molecule has 1 aliphatic rings. The molecule has 88 valence electrons. The van der Waals surface area contributed by atoms with Gasteiger partial charge in [-0.25, -0.2) is 4.39 Å². The quantitative estimate of drug-likeness (QED) is 0.840. The average Bonchev–Trinajstić information content (AvgIpc) is 2.34. The molecule has 1 aliphatic heterocycles. The number of nitrogens with one attached hydrogen (secondary N) is 1. The van der Waals surface area contributed by atoms with Crippen molar-refractivity contribution in [1.82, 2.24) is 10.2 Å². The topological polar surface area (TPSA) is 15.3 Å². The second-order valence-electron chi connectivity index (χ2n) is 4.37. The zero-order valence-electron chi connectivity index (χ0n) is 9.75. The Balaban J connectivity index is 2.11. The molecule has 2 nitrogen and oxygen atoms in total. The van der Waals surface area contributed by atoms with Crippen molar-refractivity contribution in [2.75, 3.05) is 32.9 Å². The Bertz CT molecular complexity index is 317. The summed E-state index contributed by atoms with van der Waals surface area (Å²) in [6, 6.07) is 8.13. The summed E-state index contributed by atoms with van der Waals surface area (Å²) in [6.45, 7) is 5.54. The fraction of sp³-hybridized carbons (Fsp3) is 0.538. The first kappa shape index (κ1) is 11.6. The lowest BCUT2D eigenvalue weighted by molar-refractivity contribution is 0.147. The normalized spacial score (nSPS) is 19.6. The fourth-order valence-corrected chi connectivity index (χ4v) is 2.18. The molecule has 1 heterocycles. The van der Waals surface area contributed by atoms with Crippen LogP contribution in [0, 0.1) is 6.92 Å². The van der Waals surface area contributed by atoms with E-state index in [4.69, 9.17) is 0 Å². The molecule has 16 heavy (non-hydrogen) atoms. The van der Waals surface area contributed by atoms with Crippen LogP contribution >= 0.6 is 0 Å². The van der Waals surface area contributed by atoms with E-state index in [1.165, 1.54) is 5.56 Å². The number of alkyl halides is 1. The first-order valence-corrected chi connectivity index (χ1v) is 5.88. The predicted octanol–water partition coefficient (Wildman–Crippen LogP) is 1.91. The molecular formula is C13H19FN2. The highest BCUT2D eigenvalue weighted by atomic mass is 19.1. The smallest absolute Gasteiger partial charge is 0.109 e. The van der Waals surface area contributed by atoms with Crippen LogP contribution in [-0.4, -0.2) is 37.8 Å². The zero-order chi connectivity index (χ0) is 11.4. The van der Waals surface area contributed by atoms with E-state index in [2.05, 4.69) is 29.3 Å². The minimum Gasteiger partial charge on any atom is -0.314 e. The molecule has 0 bridgehead atoms. The van der Waals surface area contributed by atoms with Crippen molar-refractivity contribution in [3.05, 3.63) is 35.4 Å². The lowest BCUT2D eigenvalue weighted by atomic mass is 10.0. The van der Waals surface area contributed by atoms with Crippen molar-refractivity contribution in [3.63, 3.8) is 0 Å². The van der Waals surface area contributed by atoms with Crippen molar-refractivity contribution in [3.8, 4) is 0 Å². The van der Waals surface area contributed by atoms with Crippen LogP contribution in [0.25, 0.3) is 0 Å². The second kappa shape index (κ2) is 5.41. The Morgan fingerprint density at radius 3 is 2.44 bits per heavy atom. The van der Waals surface area contributed by atoms with Crippen molar-refractivity contribution in [1.29, 1.82) is 0 Å². The molecule has 0 amide bonds. The molecule has 1 aromatic carbocycles. The van der Waals surface area contributed by atoms with Gasteiger partial charge in [0.1, 0.15) is 6.67 Å². The van der Waals surface area contributed by atoms with Crippen LogP contribution in [-0.2, 0) is 0 Å². The molecule has 1 fully saturated rings. The number of hydrogen-bond donors (Lipinski definition) is 1. The number of halogens is 1. The number of benzene rings is 1. The second-order valence-corrected chi connectivity index (χ2v) is 4.37. The molecule has 0 unspecified atom stereocenters. The minimum atomic E-state index is -0.303. The third-order valence-corrected chi connectivity index (χ3v) is 3.20. The van der Waals surface area contributed by atoms with Gasteiger partial charge in [0.2, 0.25) is 0 Å². The van der Waals surface area contributed by atoms with Crippen LogP contribution in [0.4, 0.5) is 4.39 Å². The Hall–Kier alpha value is -0.930. The van der Waals surface area contributed by atoms with Gasteiger partial charge in [-0.15, -0.1) is 0 Å². The Labute approximate surface area is 96.5 Å². The first-order valence-electron chi connectivity index (χ1n) is 5.88. The summed E-state index contributed by atoms with van der Waals surface area (Å²) < 4.78 is 13.2. The van der Waals surface area contributed by atoms with Crippen molar-refractivity contribution in [2.24, 2.45) is 0 Å². The predicted molar refractivity (Wildman–Crippen MR) is 64.3 cm³/mol. The number of aryl methyl sites for hydroxylation is 1. The van der Waals surface area contributed by atoms with Gasteiger partial charge in [-0.3, -0.25) is 4.90 Å². The largest absolute Gasteiger partial charge is 0.314 e. The standard InChI is InChI=1S/C13H19FN2/c1-11-2-4-12(5-3-11)13(10-14)16-8-6-15-7-9-16/h2-5,13,15H,6-10H2,1H3/t13-/m0/s1. The summed E-state index contributed by atoms with van der Waals surface area (Å²) in [6.07, 6.45) is 0. The van der Waals surface area contributed by atoms with Crippen LogP contribution in [0.3, 0.4) is 0 Å². The van der Waals surface area contributed by atoms with E-state index in [9.17, 15) is 4.39 Å². The van der Waals surface area contributed by atoms with Gasteiger partial charge in [0, 0.05) is 26.2 Å². The van der Waals surface area contributed by atoms with E-state index in [0.29, 0.717) is 0 Å². The summed E-state index contributed by atoms with van der Waals surface area (Å²) in [5, 5.41) is 3.29. The van der Waals surface area contributed by atoms with Gasteiger partial charge in [-0.05, 0) is 12.5 Å². The van der Waals surface area contributed by atoms with Crippen molar-refractivity contribution < 1.29 is 4.39 Å².